The van der Waals surface area contributed by atoms with Crippen molar-refractivity contribution in [3.63, 3.8) is 0 Å². The molecule has 31 heavy (non-hydrogen) atoms. The van der Waals surface area contributed by atoms with Crippen molar-refractivity contribution in [2.75, 3.05) is 5.32 Å². The lowest BCUT2D eigenvalue weighted by Crippen LogP contribution is -2.15. The molecule has 0 aliphatic heterocycles. The van der Waals surface area contributed by atoms with E-state index in [1.54, 1.807) is 0 Å². The van der Waals surface area contributed by atoms with Gasteiger partial charge >= 0.3 is 12.4 Å². The van der Waals surface area contributed by atoms with Crippen molar-refractivity contribution in [1.82, 2.24) is 9.78 Å². The number of anilines is 1. The van der Waals surface area contributed by atoms with Gasteiger partial charge in [-0.25, -0.2) is 4.68 Å². The third kappa shape index (κ3) is 4.85. The number of nitrogens with two attached hydrogens (primary N) is 1. The summed E-state index contributed by atoms with van der Waals surface area (Å²) in [5.41, 5.74) is 1.91. The number of amides is 2. The fraction of sp³-hybridized carbons (Fsp3) is 0.105. The Bertz CT molecular complexity index is 1130. The Morgan fingerprint density at radius 2 is 1.48 bits per heavy atom. The number of primary amides is 1. The minimum atomic E-state index is -5.07. The summed E-state index contributed by atoms with van der Waals surface area (Å²) in [6.07, 6.45) is -10.1. The average molecular weight is 442 g/mol. The van der Waals surface area contributed by atoms with Crippen molar-refractivity contribution in [3.05, 3.63) is 77.1 Å². The Balaban J connectivity index is 1.87. The summed E-state index contributed by atoms with van der Waals surface area (Å²) in [5.74, 6) is -1.37. The summed E-state index contributed by atoms with van der Waals surface area (Å²) in [4.78, 5) is 23.5. The Hall–Kier alpha value is -3.83. The van der Waals surface area contributed by atoms with Gasteiger partial charge in [-0.2, -0.15) is 31.4 Å². The zero-order valence-corrected chi connectivity index (χ0v) is 15.3. The maximum atomic E-state index is 13.1. The van der Waals surface area contributed by atoms with Gasteiger partial charge in [0, 0.05) is 22.9 Å². The number of aromatic nitrogens is 2. The highest BCUT2D eigenvalue weighted by molar-refractivity contribution is 6.06. The van der Waals surface area contributed by atoms with E-state index in [2.05, 4.69) is 10.4 Å². The first-order valence-corrected chi connectivity index (χ1v) is 8.42. The molecule has 2 amide bonds. The van der Waals surface area contributed by atoms with Crippen LogP contribution in [0.5, 0.6) is 0 Å². The van der Waals surface area contributed by atoms with Crippen LogP contribution in [0.15, 0.2) is 54.6 Å². The number of halogens is 6. The number of hydrogen-bond acceptors (Lipinski definition) is 3. The van der Waals surface area contributed by atoms with Gasteiger partial charge in [-0.1, -0.05) is 6.07 Å². The average Bonchev–Trinajstić information content (AvgIpc) is 3.15. The normalized spacial score (nSPS) is 11.9. The molecule has 1 aromatic heterocycles. The van der Waals surface area contributed by atoms with E-state index < -0.39 is 35.6 Å². The van der Waals surface area contributed by atoms with Crippen molar-refractivity contribution in [2.24, 2.45) is 5.73 Å². The predicted molar refractivity (Wildman–Crippen MR) is 96.5 cm³/mol. The highest BCUT2D eigenvalue weighted by Gasteiger charge is 2.42. The largest absolute Gasteiger partial charge is 0.435 e. The van der Waals surface area contributed by atoms with Crippen LogP contribution >= 0.6 is 0 Å². The molecule has 6 nitrogen and oxygen atoms in total. The molecule has 0 unspecified atom stereocenters. The molecule has 0 spiro atoms. The first-order chi connectivity index (χ1) is 14.4. The SMILES string of the molecule is NC(=O)c1cccc(C(=O)Nc2ccc(-n3nc(C(F)(F)F)cc3C(F)(F)F)cc2)c1. The van der Waals surface area contributed by atoms with Gasteiger partial charge in [0.15, 0.2) is 5.69 Å². The van der Waals surface area contributed by atoms with E-state index in [0.29, 0.717) is 0 Å². The van der Waals surface area contributed by atoms with Crippen LogP contribution in [0.3, 0.4) is 0 Å². The van der Waals surface area contributed by atoms with Gasteiger partial charge in [0.05, 0.1) is 5.69 Å². The van der Waals surface area contributed by atoms with Crippen LogP contribution in [-0.2, 0) is 12.4 Å². The van der Waals surface area contributed by atoms with Gasteiger partial charge in [0.1, 0.15) is 5.69 Å². The Morgan fingerprint density at radius 3 is 2.03 bits per heavy atom. The van der Waals surface area contributed by atoms with Gasteiger partial charge in [-0.3, -0.25) is 9.59 Å². The number of benzene rings is 2. The molecule has 0 fully saturated rings. The van der Waals surface area contributed by atoms with E-state index in [0.717, 1.165) is 12.1 Å². The maximum absolute atomic E-state index is 13.1. The first kappa shape index (κ1) is 21.9. The molecule has 0 saturated carbocycles. The summed E-state index contributed by atoms with van der Waals surface area (Å²) < 4.78 is 78.0. The molecule has 3 aromatic rings. The number of carbonyl (C=O) groups excluding carboxylic acids is 2. The van der Waals surface area contributed by atoms with Crippen LogP contribution in [0.2, 0.25) is 0 Å². The van der Waals surface area contributed by atoms with Crippen molar-refractivity contribution in [1.29, 1.82) is 0 Å². The zero-order chi connectivity index (χ0) is 23.0. The van der Waals surface area contributed by atoms with Crippen LogP contribution in [-0.4, -0.2) is 21.6 Å². The molecule has 0 bridgehead atoms. The standard InChI is InChI=1S/C19H12F6N4O2/c20-18(21,22)14-9-15(19(23,24)25)29(28-14)13-6-4-12(5-7-13)27-17(31)11-3-1-2-10(8-11)16(26)30/h1-9H,(H2,26,30)(H,27,31). The predicted octanol–water partition coefficient (Wildman–Crippen LogP) is 4.26. The Labute approximate surface area is 170 Å². The van der Waals surface area contributed by atoms with Crippen LogP contribution in [0.4, 0.5) is 32.0 Å². The minimum Gasteiger partial charge on any atom is -0.366 e. The van der Waals surface area contributed by atoms with Gasteiger partial charge in [-0.15, -0.1) is 0 Å². The summed E-state index contributed by atoms with van der Waals surface area (Å²) in [5, 5.41) is 5.48. The highest BCUT2D eigenvalue weighted by Crippen LogP contribution is 2.36. The van der Waals surface area contributed by atoms with Gasteiger partial charge in [0.2, 0.25) is 5.91 Å². The second kappa shape index (κ2) is 7.78. The molecule has 0 atom stereocenters. The number of hydrogen-bond donors (Lipinski definition) is 2. The van der Waals surface area contributed by atoms with E-state index in [9.17, 15) is 35.9 Å². The van der Waals surface area contributed by atoms with Crippen LogP contribution < -0.4 is 11.1 Å². The molecule has 3 N–H and O–H groups in total. The molecule has 0 aliphatic carbocycles. The molecular weight excluding hydrogens is 430 g/mol. The van der Waals surface area contributed by atoms with Crippen molar-refractivity contribution in [2.45, 2.75) is 12.4 Å². The van der Waals surface area contributed by atoms with E-state index >= 15 is 0 Å². The van der Waals surface area contributed by atoms with Crippen LogP contribution in [0.1, 0.15) is 32.1 Å². The lowest BCUT2D eigenvalue weighted by Gasteiger charge is -2.11. The van der Waals surface area contributed by atoms with Crippen LogP contribution in [0.25, 0.3) is 5.69 Å². The lowest BCUT2D eigenvalue weighted by atomic mass is 10.1. The molecule has 0 radical (unpaired) electrons. The number of alkyl halides is 6. The molecule has 12 heteroatoms. The second-order valence-corrected chi connectivity index (χ2v) is 6.27. The lowest BCUT2D eigenvalue weighted by molar-refractivity contribution is -0.143. The van der Waals surface area contributed by atoms with Crippen molar-refractivity contribution >= 4 is 17.5 Å². The first-order valence-electron chi connectivity index (χ1n) is 8.42. The summed E-state index contributed by atoms with van der Waals surface area (Å²) in [6, 6.07) is 9.95. The number of rotatable bonds is 4. The quantitative estimate of drug-likeness (QED) is 0.592. The van der Waals surface area contributed by atoms with Gasteiger partial charge in [-0.05, 0) is 42.5 Å². The molecule has 0 aliphatic rings. The molecular formula is C19H12F6N4O2. The fourth-order valence-corrected chi connectivity index (χ4v) is 2.62. The third-order valence-electron chi connectivity index (χ3n) is 4.07. The van der Waals surface area contributed by atoms with E-state index in [1.807, 2.05) is 0 Å². The van der Waals surface area contributed by atoms with Gasteiger partial charge in [0.25, 0.3) is 5.91 Å². The topological polar surface area (TPSA) is 90.0 Å². The monoisotopic (exact) mass is 442 g/mol. The summed E-state index contributed by atoms with van der Waals surface area (Å²) in [6.45, 7) is 0. The summed E-state index contributed by atoms with van der Waals surface area (Å²) in [7, 11) is 0. The molecule has 2 aromatic carbocycles. The van der Waals surface area contributed by atoms with E-state index in [1.165, 1.54) is 36.4 Å². The minimum absolute atomic E-state index is 0.0819. The number of nitrogens with one attached hydrogen (secondary N) is 1. The molecule has 3 rings (SSSR count). The fourth-order valence-electron chi connectivity index (χ4n) is 2.62. The smallest absolute Gasteiger partial charge is 0.366 e. The molecule has 1 heterocycles. The van der Waals surface area contributed by atoms with E-state index in [4.69, 9.17) is 5.73 Å². The third-order valence-corrected chi connectivity index (χ3v) is 4.07. The van der Waals surface area contributed by atoms with E-state index in [-0.39, 0.29) is 33.2 Å². The Morgan fingerprint density at radius 1 is 0.871 bits per heavy atom. The van der Waals surface area contributed by atoms with Crippen molar-refractivity contribution < 1.29 is 35.9 Å². The number of nitrogens with zero attached hydrogens (tertiary/aromatic N) is 2. The van der Waals surface area contributed by atoms with Gasteiger partial charge < -0.3 is 11.1 Å². The number of carbonyl (C=O) groups is 2. The molecule has 0 saturated heterocycles. The Kier molecular flexibility index (Phi) is 5.49. The maximum Gasteiger partial charge on any atom is 0.435 e. The van der Waals surface area contributed by atoms with Crippen LogP contribution in [0, 0.1) is 0 Å². The van der Waals surface area contributed by atoms with Crippen molar-refractivity contribution in [3.8, 4) is 5.69 Å². The second-order valence-electron chi connectivity index (χ2n) is 6.27. The zero-order valence-electron chi connectivity index (χ0n) is 15.3. The molecule has 162 valence electrons. The highest BCUT2D eigenvalue weighted by atomic mass is 19.4. The summed E-state index contributed by atoms with van der Waals surface area (Å²) >= 11 is 0.